The van der Waals surface area contributed by atoms with E-state index in [0.717, 1.165) is 0 Å². The van der Waals surface area contributed by atoms with Gasteiger partial charge in [0.25, 0.3) is 5.91 Å². The summed E-state index contributed by atoms with van der Waals surface area (Å²) in [5.41, 5.74) is 0.728. The highest BCUT2D eigenvalue weighted by Gasteiger charge is 2.19. The first-order chi connectivity index (χ1) is 8.20. The molecule has 0 saturated heterocycles. The van der Waals surface area contributed by atoms with Gasteiger partial charge in [0, 0.05) is 24.7 Å². The third-order valence-corrected chi connectivity index (χ3v) is 2.72. The van der Waals surface area contributed by atoms with E-state index in [-0.39, 0.29) is 5.91 Å². The summed E-state index contributed by atoms with van der Waals surface area (Å²) in [6.07, 6.45) is 4.67. The van der Waals surface area contributed by atoms with Gasteiger partial charge in [-0.2, -0.15) is 0 Å². The number of nitrogens with one attached hydrogen (secondary N) is 1. The zero-order chi connectivity index (χ0) is 12.0. The second-order valence-corrected chi connectivity index (χ2v) is 3.65. The quantitative estimate of drug-likeness (QED) is 0.626. The molecule has 17 heavy (non-hydrogen) atoms. The van der Waals surface area contributed by atoms with E-state index < -0.39 is 5.69 Å². The van der Waals surface area contributed by atoms with Gasteiger partial charge in [-0.3, -0.25) is 14.2 Å². The summed E-state index contributed by atoms with van der Waals surface area (Å²) in [6.45, 7) is 0. The van der Waals surface area contributed by atoms with Gasteiger partial charge < -0.3 is 5.32 Å². The molecule has 0 fully saturated rings. The number of aromatic nitrogens is 2. The second kappa shape index (κ2) is 3.24. The van der Waals surface area contributed by atoms with Gasteiger partial charge in [-0.1, -0.05) is 0 Å². The molecule has 1 N–H and O–H groups in total. The van der Waals surface area contributed by atoms with Crippen LogP contribution < -0.4 is 16.2 Å². The number of hydrogen-bond acceptors (Lipinski definition) is 4. The van der Waals surface area contributed by atoms with Crippen LogP contribution in [-0.4, -0.2) is 28.2 Å². The van der Waals surface area contributed by atoms with Crippen molar-refractivity contribution in [3.63, 3.8) is 0 Å². The highest BCUT2D eigenvalue weighted by Crippen LogP contribution is 2.03. The van der Waals surface area contributed by atoms with E-state index in [0.29, 0.717) is 22.1 Å². The molecule has 1 aliphatic heterocycles. The average molecular weight is 228 g/mol. The van der Waals surface area contributed by atoms with Crippen LogP contribution in [0.1, 0.15) is 10.4 Å². The van der Waals surface area contributed by atoms with Crippen LogP contribution >= 0.6 is 0 Å². The third-order valence-electron chi connectivity index (χ3n) is 2.72. The number of hydrogen-bond donors (Lipinski definition) is 1. The molecule has 3 rings (SSSR count). The number of aliphatic imine (C=N–C) groups is 1. The molecule has 2 aromatic heterocycles. The lowest BCUT2D eigenvalue weighted by atomic mass is 10.1. The van der Waals surface area contributed by atoms with Gasteiger partial charge in [0.1, 0.15) is 5.84 Å². The summed E-state index contributed by atoms with van der Waals surface area (Å²) in [6, 6.07) is 1.70. The van der Waals surface area contributed by atoms with Crippen LogP contribution in [0.3, 0.4) is 0 Å². The topological polar surface area (TPSA) is 75.8 Å². The van der Waals surface area contributed by atoms with Crippen molar-refractivity contribution in [1.29, 1.82) is 0 Å². The van der Waals surface area contributed by atoms with E-state index in [1.165, 1.54) is 16.8 Å². The average Bonchev–Trinajstić information content (AvgIpc) is 2.70. The van der Waals surface area contributed by atoms with E-state index in [1.54, 1.807) is 19.2 Å². The molecule has 0 atom stereocenters. The fourth-order valence-electron chi connectivity index (χ4n) is 1.91. The molecular weight excluding hydrogens is 220 g/mol. The Balaban J connectivity index is 2.53. The van der Waals surface area contributed by atoms with Gasteiger partial charge in [0.15, 0.2) is 0 Å². The fourth-order valence-corrected chi connectivity index (χ4v) is 1.91. The van der Waals surface area contributed by atoms with Crippen LogP contribution in [0, 0.1) is 0 Å². The Bertz CT molecular complexity index is 773. The first-order valence-electron chi connectivity index (χ1n) is 5.00. The van der Waals surface area contributed by atoms with E-state index in [2.05, 4.69) is 15.3 Å². The van der Waals surface area contributed by atoms with E-state index >= 15 is 0 Å². The third kappa shape index (κ3) is 1.27. The van der Waals surface area contributed by atoms with Gasteiger partial charge >= 0.3 is 5.69 Å². The largest absolute Gasteiger partial charge is 0.352 e. The zero-order valence-electron chi connectivity index (χ0n) is 8.97. The number of carbonyl (C=O) groups excluding carboxylic acids is 1. The first kappa shape index (κ1) is 9.71. The van der Waals surface area contributed by atoms with E-state index in [1.807, 2.05) is 0 Å². The molecule has 0 aliphatic carbocycles. The molecule has 6 heteroatoms. The SMILES string of the molecule is CN=C1C=c2c(cn3c(=O)nccc23)C(=O)N1. The van der Waals surface area contributed by atoms with Crippen molar-refractivity contribution in [2.24, 2.45) is 4.99 Å². The normalized spacial score (nSPS) is 16.8. The van der Waals surface area contributed by atoms with Gasteiger partial charge in [-0.25, -0.2) is 9.78 Å². The van der Waals surface area contributed by atoms with Crippen LogP contribution in [-0.2, 0) is 0 Å². The minimum Gasteiger partial charge on any atom is -0.307 e. The molecule has 0 aromatic carbocycles. The molecule has 0 unspecified atom stereocenters. The Hall–Kier alpha value is -2.50. The zero-order valence-corrected chi connectivity index (χ0v) is 8.97. The van der Waals surface area contributed by atoms with Crippen LogP contribution in [0.15, 0.2) is 28.2 Å². The van der Waals surface area contributed by atoms with Crippen molar-refractivity contribution in [3.8, 4) is 0 Å². The molecule has 0 bridgehead atoms. The summed E-state index contributed by atoms with van der Waals surface area (Å²) >= 11 is 0. The second-order valence-electron chi connectivity index (χ2n) is 3.65. The molecule has 0 saturated carbocycles. The van der Waals surface area contributed by atoms with Crippen molar-refractivity contribution >= 4 is 23.3 Å². The molecule has 1 aliphatic rings. The Morgan fingerprint density at radius 3 is 3.00 bits per heavy atom. The lowest BCUT2D eigenvalue weighted by Crippen LogP contribution is -2.37. The van der Waals surface area contributed by atoms with E-state index in [9.17, 15) is 9.59 Å². The van der Waals surface area contributed by atoms with Gasteiger partial charge in [-0.05, 0) is 12.1 Å². The maximum atomic E-state index is 11.8. The van der Waals surface area contributed by atoms with Crippen molar-refractivity contribution < 1.29 is 4.79 Å². The molecule has 84 valence electrons. The Morgan fingerprint density at radius 2 is 2.24 bits per heavy atom. The number of fused-ring (bicyclic) bond motifs is 3. The van der Waals surface area contributed by atoms with Crippen molar-refractivity contribution in [2.45, 2.75) is 0 Å². The smallest absolute Gasteiger partial charge is 0.307 e. The monoisotopic (exact) mass is 228 g/mol. The highest BCUT2D eigenvalue weighted by molar-refractivity contribution is 6.22. The van der Waals surface area contributed by atoms with Crippen LogP contribution in [0.4, 0.5) is 0 Å². The number of carbonyl (C=O) groups is 1. The Labute approximate surface area is 95.3 Å². The van der Waals surface area contributed by atoms with E-state index in [4.69, 9.17) is 0 Å². The van der Waals surface area contributed by atoms with Gasteiger partial charge in [0.2, 0.25) is 0 Å². The van der Waals surface area contributed by atoms with Crippen molar-refractivity contribution in [3.05, 3.63) is 39.7 Å². The molecule has 0 radical (unpaired) electrons. The maximum absolute atomic E-state index is 11.8. The van der Waals surface area contributed by atoms with Crippen LogP contribution in [0.2, 0.25) is 0 Å². The molecular formula is C11H8N4O2. The maximum Gasteiger partial charge on any atom is 0.352 e. The number of amides is 1. The molecule has 0 spiro atoms. The number of nitrogens with zero attached hydrogens (tertiary/aromatic N) is 3. The van der Waals surface area contributed by atoms with Crippen molar-refractivity contribution in [1.82, 2.24) is 14.7 Å². The predicted molar refractivity (Wildman–Crippen MR) is 62.0 cm³/mol. The number of rotatable bonds is 0. The summed E-state index contributed by atoms with van der Waals surface area (Å²) in [7, 11) is 1.59. The summed E-state index contributed by atoms with van der Waals surface area (Å²) < 4.78 is 1.36. The summed E-state index contributed by atoms with van der Waals surface area (Å²) in [4.78, 5) is 30.9. The van der Waals surface area contributed by atoms with Gasteiger partial charge in [0.05, 0.1) is 11.1 Å². The summed E-state index contributed by atoms with van der Waals surface area (Å²) in [5, 5.41) is 3.33. The Morgan fingerprint density at radius 1 is 1.41 bits per heavy atom. The lowest BCUT2D eigenvalue weighted by molar-refractivity contribution is 0.0975. The van der Waals surface area contributed by atoms with Crippen LogP contribution in [0.25, 0.3) is 11.6 Å². The minimum absolute atomic E-state index is 0.258. The molecule has 2 aromatic rings. The van der Waals surface area contributed by atoms with Crippen LogP contribution in [0.5, 0.6) is 0 Å². The Kier molecular flexibility index (Phi) is 1.85. The minimum atomic E-state index is -0.395. The highest BCUT2D eigenvalue weighted by atomic mass is 16.2. The first-order valence-corrected chi connectivity index (χ1v) is 5.00. The lowest BCUT2D eigenvalue weighted by Gasteiger charge is -2.07. The molecule has 6 nitrogen and oxygen atoms in total. The molecule has 3 heterocycles. The summed E-state index contributed by atoms with van der Waals surface area (Å²) in [5.74, 6) is 0.228. The van der Waals surface area contributed by atoms with Gasteiger partial charge in [-0.15, -0.1) is 0 Å². The molecule has 1 amide bonds. The predicted octanol–water partition coefficient (Wildman–Crippen LogP) is -1.03. The standard InChI is InChI=1S/C11H8N4O2/c1-12-9-4-6-7(10(16)14-9)5-15-8(6)2-3-13-11(15)17/h2-5H,1H3,(H,12,14,16). The number of amidine groups is 1. The fraction of sp³-hybridized carbons (Fsp3) is 0.0909. The van der Waals surface area contributed by atoms with Crippen molar-refractivity contribution in [2.75, 3.05) is 7.05 Å².